The fourth-order valence-electron chi connectivity index (χ4n) is 2.01. The van der Waals surface area contributed by atoms with Crippen molar-refractivity contribution in [2.45, 2.75) is 26.3 Å². The minimum atomic E-state index is -0.211. The van der Waals surface area contributed by atoms with E-state index in [1.807, 2.05) is 0 Å². The zero-order chi connectivity index (χ0) is 11.8. The molecule has 1 aromatic rings. The zero-order valence-corrected chi connectivity index (χ0v) is 10.4. The first-order valence-electron chi connectivity index (χ1n) is 5.71. The molecule has 0 aliphatic carbocycles. The molecule has 0 N–H and O–H groups in total. The van der Waals surface area contributed by atoms with Crippen LogP contribution in [-0.4, -0.2) is 13.3 Å². The molecule has 1 nitrogen and oxygen atoms in total. The molecule has 1 aliphatic rings. The standard InChI is InChI=1S/C14H17BO/c1-4-10-6-7-11-8-9-14(3,15)16-13(11)12(10)5-2/h4-9H,15H2,1-3H3/b10-4-,12-5+. The first kappa shape index (κ1) is 11.1. The molecule has 82 valence electrons. The lowest BCUT2D eigenvalue weighted by atomic mass is 9.81. The van der Waals surface area contributed by atoms with E-state index in [4.69, 9.17) is 4.74 Å². The van der Waals surface area contributed by atoms with E-state index in [9.17, 15) is 0 Å². The van der Waals surface area contributed by atoms with Crippen molar-refractivity contribution in [1.82, 2.24) is 0 Å². The summed E-state index contributed by atoms with van der Waals surface area (Å²) in [6.45, 7) is 6.18. The highest BCUT2D eigenvalue weighted by molar-refractivity contribution is 6.16. The second-order valence-corrected chi connectivity index (χ2v) is 4.60. The van der Waals surface area contributed by atoms with Gasteiger partial charge in [0.05, 0.1) is 5.50 Å². The number of rotatable bonds is 0. The molecule has 1 heterocycles. The highest BCUT2D eigenvalue weighted by Gasteiger charge is 2.21. The predicted octanol–water partition coefficient (Wildman–Crippen LogP) is 1.04. The smallest absolute Gasteiger partial charge is 0.163 e. The molecular formula is C14H17BO. The van der Waals surface area contributed by atoms with E-state index in [1.165, 1.54) is 10.4 Å². The minimum Gasteiger partial charge on any atom is -0.492 e. The van der Waals surface area contributed by atoms with Crippen molar-refractivity contribution in [1.29, 1.82) is 0 Å². The Hall–Kier alpha value is -1.44. The van der Waals surface area contributed by atoms with Gasteiger partial charge in [0.1, 0.15) is 5.75 Å². The van der Waals surface area contributed by atoms with E-state index >= 15 is 0 Å². The summed E-state index contributed by atoms with van der Waals surface area (Å²) in [5.74, 6) is 1.01. The molecule has 0 saturated carbocycles. The third-order valence-electron chi connectivity index (χ3n) is 2.89. The number of benzene rings is 1. The SMILES string of the molecule is BC1(C)C=Cc2ccc(=C/C)/c(=C\C)c2O1. The molecule has 16 heavy (non-hydrogen) atoms. The average Bonchev–Trinajstić information content (AvgIpc) is 2.26. The van der Waals surface area contributed by atoms with Gasteiger partial charge in [-0.05, 0) is 26.0 Å². The second kappa shape index (κ2) is 3.86. The van der Waals surface area contributed by atoms with Crippen LogP contribution in [0, 0.1) is 0 Å². The van der Waals surface area contributed by atoms with Crippen molar-refractivity contribution in [2.24, 2.45) is 0 Å². The summed E-state index contributed by atoms with van der Waals surface area (Å²) in [6, 6.07) is 4.25. The van der Waals surface area contributed by atoms with Crippen LogP contribution in [0.15, 0.2) is 18.2 Å². The van der Waals surface area contributed by atoms with Gasteiger partial charge in [-0.3, -0.25) is 0 Å². The van der Waals surface area contributed by atoms with Crippen LogP contribution in [0.3, 0.4) is 0 Å². The highest BCUT2D eigenvalue weighted by Crippen LogP contribution is 2.25. The Kier molecular flexibility index (Phi) is 2.67. The molecule has 0 bridgehead atoms. The van der Waals surface area contributed by atoms with Gasteiger partial charge in [-0.25, -0.2) is 0 Å². The molecular weight excluding hydrogens is 195 g/mol. The molecule has 0 saturated heterocycles. The zero-order valence-electron chi connectivity index (χ0n) is 10.4. The van der Waals surface area contributed by atoms with Gasteiger partial charge < -0.3 is 4.74 Å². The van der Waals surface area contributed by atoms with Gasteiger partial charge in [-0.2, -0.15) is 0 Å². The summed E-state index contributed by atoms with van der Waals surface area (Å²) in [4.78, 5) is 0. The molecule has 1 unspecified atom stereocenters. The third kappa shape index (κ3) is 1.80. The number of fused-ring (bicyclic) bond motifs is 1. The van der Waals surface area contributed by atoms with E-state index < -0.39 is 0 Å². The molecule has 0 fully saturated rings. The van der Waals surface area contributed by atoms with Crippen LogP contribution in [0.5, 0.6) is 5.75 Å². The predicted molar refractivity (Wildman–Crippen MR) is 72.6 cm³/mol. The van der Waals surface area contributed by atoms with Gasteiger partial charge in [-0.1, -0.05) is 36.4 Å². The maximum Gasteiger partial charge on any atom is 0.163 e. The normalized spacial score (nSPS) is 25.4. The van der Waals surface area contributed by atoms with Gasteiger partial charge in [0, 0.05) is 10.8 Å². The molecule has 0 radical (unpaired) electrons. The molecule has 0 aromatic heterocycles. The lowest BCUT2D eigenvalue weighted by Gasteiger charge is -2.28. The first-order valence-corrected chi connectivity index (χ1v) is 5.71. The van der Waals surface area contributed by atoms with Crippen molar-refractivity contribution in [2.75, 3.05) is 0 Å². The topological polar surface area (TPSA) is 9.23 Å². The lowest BCUT2D eigenvalue weighted by molar-refractivity contribution is 0.222. The van der Waals surface area contributed by atoms with Crippen molar-refractivity contribution in [3.05, 3.63) is 34.2 Å². The summed E-state index contributed by atoms with van der Waals surface area (Å²) >= 11 is 0. The number of hydrogen-bond donors (Lipinski definition) is 0. The summed E-state index contributed by atoms with van der Waals surface area (Å²) in [5.41, 5.74) is 0.954. The Morgan fingerprint density at radius 2 is 2.00 bits per heavy atom. The van der Waals surface area contributed by atoms with Gasteiger partial charge in [0.25, 0.3) is 0 Å². The van der Waals surface area contributed by atoms with E-state index in [-0.39, 0.29) is 5.50 Å². The summed E-state index contributed by atoms with van der Waals surface area (Å²) in [5, 5.41) is 2.42. The van der Waals surface area contributed by atoms with Crippen molar-refractivity contribution >= 4 is 26.1 Å². The van der Waals surface area contributed by atoms with Gasteiger partial charge in [0.15, 0.2) is 7.85 Å². The average molecular weight is 212 g/mol. The minimum absolute atomic E-state index is 0.211. The summed E-state index contributed by atoms with van der Waals surface area (Å²) in [7, 11) is 2.08. The Bertz CT molecular complexity index is 553. The van der Waals surface area contributed by atoms with Crippen LogP contribution >= 0.6 is 0 Å². The van der Waals surface area contributed by atoms with Crippen LogP contribution in [0.2, 0.25) is 0 Å². The summed E-state index contributed by atoms with van der Waals surface area (Å²) < 4.78 is 6.05. The summed E-state index contributed by atoms with van der Waals surface area (Å²) in [6.07, 6.45) is 8.48. The molecule has 0 spiro atoms. The fraction of sp³-hybridized carbons (Fsp3) is 0.286. The van der Waals surface area contributed by atoms with E-state index in [0.29, 0.717) is 0 Å². The molecule has 2 heteroatoms. The monoisotopic (exact) mass is 212 g/mol. The van der Waals surface area contributed by atoms with Crippen LogP contribution in [0.4, 0.5) is 0 Å². The fourth-order valence-corrected chi connectivity index (χ4v) is 2.01. The van der Waals surface area contributed by atoms with Crippen LogP contribution in [0.25, 0.3) is 18.2 Å². The van der Waals surface area contributed by atoms with Crippen molar-refractivity contribution in [3.63, 3.8) is 0 Å². The maximum absolute atomic E-state index is 6.05. The van der Waals surface area contributed by atoms with Gasteiger partial charge >= 0.3 is 0 Å². The molecule has 2 rings (SSSR count). The number of hydrogen-bond acceptors (Lipinski definition) is 1. The van der Waals surface area contributed by atoms with Crippen LogP contribution < -0.4 is 15.2 Å². The highest BCUT2D eigenvalue weighted by atomic mass is 16.5. The quantitative estimate of drug-likeness (QED) is 0.584. The Morgan fingerprint density at radius 3 is 2.62 bits per heavy atom. The molecule has 1 aromatic carbocycles. The van der Waals surface area contributed by atoms with Gasteiger partial charge in [-0.15, -0.1) is 0 Å². The van der Waals surface area contributed by atoms with E-state index in [0.717, 1.165) is 11.3 Å². The van der Waals surface area contributed by atoms with Crippen molar-refractivity contribution < 1.29 is 4.74 Å². The second-order valence-electron chi connectivity index (χ2n) is 4.60. The van der Waals surface area contributed by atoms with E-state index in [1.54, 1.807) is 0 Å². The Labute approximate surface area is 97.5 Å². The number of ether oxygens (including phenoxy) is 1. The van der Waals surface area contributed by atoms with Crippen LogP contribution in [0.1, 0.15) is 26.3 Å². The van der Waals surface area contributed by atoms with Crippen molar-refractivity contribution in [3.8, 4) is 5.75 Å². The van der Waals surface area contributed by atoms with Gasteiger partial charge in [0.2, 0.25) is 0 Å². The van der Waals surface area contributed by atoms with E-state index in [2.05, 4.69) is 65.1 Å². The molecule has 1 atom stereocenters. The van der Waals surface area contributed by atoms with Crippen LogP contribution in [-0.2, 0) is 0 Å². The largest absolute Gasteiger partial charge is 0.492 e. The third-order valence-corrected chi connectivity index (χ3v) is 2.89. The lowest BCUT2D eigenvalue weighted by Crippen LogP contribution is -2.37. The first-order chi connectivity index (χ1) is 7.57. The Morgan fingerprint density at radius 1 is 1.25 bits per heavy atom. The maximum atomic E-state index is 6.05. The molecule has 1 aliphatic heterocycles. The molecule has 0 amide bonds. The Balaban J connectivity index is 2.77.